The molecular formula is C13H15NO. The van der Waals surface area contributed by atoms with Gasteiger partial charge in [-0.25, -0.2) is 0 Å². The van der Waals surface area contributed by atoms with E-state index in [9.17, 15) is 4.79 Å². The molecule has 2 unspecified atom stereocenters. The van der Waals surface area contributed by atoms with Gasteiger partial charge in [0, 0.05) is 11.6 Å². The van der Waals surface area contributed by atoms with Crippen LogP contribution in [0, 0.1) is 5.92 Å². The summed E-state index contributed by atoms with van der Waals surface area (Å²) in [5.41, 5.74) is 2.38. The lowest BCUT2D eigenvalue weighted by Gasteiger charge is -2.36. The number of anilines is 1. The van der Waals surface area contributed by atoms with E-state index in [0.717, 1.165) is 12.1 Å². The summed E-state index contributed by atoms with van der Waals surface area (Å²) in [5.74, 6) is 0.941. The molecule has 2 aliphatic rings. The number of hydrogen-bond acceptors (Lipinski definition) is 1. The maximum atomic E-state index is 11.9. The fourth-order valence-electron chi connectivity index (χ4n) is 2.98. The highest BCUT2D eigenvalue weighted by molar-refractivity contribution is 5.96. The Kier molecular flexibility index (Phi) is 2.01. The molecule has 1 aromatic carbocycles. The van der Waals surface area contributed by atoms with Crippen LogP contribution in [0.2, 0.25) is 0 Å². The topological polar surface area (TPSA) is 29.1 Å². The summed E-state index contributed by atoms with van der Waals surface area (Å²) in [6.45, 7) is 0. The van der Waals surface area contributed by atoms with E-state index in [1.54, 1.807) is 0 Å². The third-order valence-electron chi connectivity index (χ3n) is 3.72. The highest BCUT2D eigenvalue weighted by Gasteiger charge is 2.36. The molecule has 15 heavy (non-hydrogen) atoms. The second-order valence-electron chi connectivity index (χ2n) is 4.57. The zero-order chi connectivity index (χ0) is 10.3. The van der Waals surface area contributed by atoms with Crippen LogP contribution >= 0.6 is 0 Å². The Morgan fingerprint density at radius 1 is 1.07 bits per heavy atom. The Labute approximate surface area is 89.7 Å². The van der Waals surface area contributed by atoms with Crippen LogP contribution in [0.3, 0.4) is 0 Å². The molecule has 1 aliphatic carbocycles. The van der Waals surface area contributed by atoms with Crippen LogP contribution in [0.5, 0.6) is 0 Å². The Morgan fingerprint density at radius 2 is 1.80 bits per heavy atom. The average molecular weight is 201 g/mol. The standard InChI is InChI=1S/C13H15NO/c15-13-11-7-2-1-5-9(11)10-6-3-4-8-12(10)14-13/h3-4,6,8-9,11H,1-2,5,7H2,(H,14,15). The van der Waals surface area contributed by atoms with Crippen molar-refractivity contribution in [2.24, 2.45) is 5.92 Å². The van der Waals surface area contributed by atoms with Crippen molar-refractivity contribution in [3.05, 3.63) is 29.8 Å². The molecule has 1 saturated carbocycles. The van der Waals surface area contributed by atoms with Gasteiger partial charge in [0.2, 0.25) is 5.91 Å². The number of amides is 1. The minimum absolute atomic E-state index is 0.230. The fourth-order valence-corrected chi connectivity index (χ4v) is 2.98. The first-order valence-corrected chi connectivity index (χ1v) is 5.76. The molecule has 2 nitrogen and oxygen atoms in total. The van der Waals surface area contributed by atoms with Crippen molar-refractivity contribution in [2.75, 3.05) is 5.32 Å². The van der Waals surface area contributed by atoms with Crippen molar-refractivity contribution in [3.63, 3.8) is 0 Å². The van der Waals surface area contributed by atoms with Gasteiger partial charge in [0.15, 0.2) is 0 Å². The van der Waals surface area contributed by atoms with Gasteiger partial charge < -0.3 is 5.32 Å². The van der Waals surface area contributed by atoms with Crippen molar-refractivity contribution in [1.82, 2.24) is 0 Å². The number of benzene rings is 1. The Morgan fingerprint density at radius 3 is 2.67 bits per heavy atom. The second kappa shape index (κ2) is 3.37. The van der Waals surface area contributed by atoms with Gasteiger partial charge in [-0.2, -0.15) is 0 Å². The summed E-state index contributed by atoms with van der Waals surface area (Å²) in [6.07, 6.45) is 4.71. The highest BCUT2D eigenvalue weighted by atomic mass is 16.2. The van der Waals surface area contributed by atoms with Crippen LogP contribution in [0.1, 0.15) is 37.2 Å². The largest absolute Gasteiger partial charge is 0.326 e. The molecule has 0 saturated heterocycles. The fraction of sp³-hybridized carbons (Fsp3) is 0.462. The van der Waals surface area contributed by atoms with Gasteiger partial charge in [-0.1, -0.05) is 31.0 Å². The van der Waals surface area contributed by atoms with Crippen molar-refractivity contribution >= 4 is 11.6 Å². The van der Waals surface area contributed by atoms with Gasteiger partial charge in [0.05, 0.1) is 0 Å². The predicted molar refractivity (Wildman–Crippen MR) is 59.8 cm³/mol. The van der Waals surface area contributed by atoms with E-state index in [0.29, 0.717) is 5.92 Å². The third-order valence-corrected chi connectivity index (χ3v) is 3.72. The summed E-state index contributed by atoms with van der Waals surface area (Å²) in [5, 5.41) is 3.02. The molecule has 1 N–H and O–H groups in total. The lowest BCUT2D eigenvalue weighted by molar-refractivity contribution is -0.121. The molecule has 0 aromatic heterocycles. The predicted octanol–water partition coefficient (Wildman–Crippen LogP) is 2.91. The lowest BCUT2D eigenvalue weighted by Crippen LogP contribution is -2.35. The normalized spacial score (nSPS) is 28.9. The molecule has 1 amide bonds. The van der Waals surface area contributed by atoms with Crippen LogP contribution in [0.25, 0.3) is 0 Å². The number of para-hydroxylation sites is 1. The molecule has 0 spiro atoms. The van der Waals surface area contributed by atoms with Crippen LogP contribution in [-0.2, 0) is 4.79 Å². The number of rotatable bonds is 0. The van der Waals surface area contributed by atoms with Gasteiger partial charge in [0.25, 0.3) is 0 Å². The number of hydrogen-bond donors (Lipinski definition) is 1. The molecule has 1 aliphatic heterocycles. The zero-order valence-electron chi connectivity index (χ0n) is 8.70. The van der Waals surface area contributed by atoms with Crippen LogP contribution in [-0.4, -0.2) is 5.91 Å². The third kappa shape index (κ3) is 1.36. The van der Waals surface area contributed by atoms with E-state index < -0.39 is 0 Å². The minimum atomic E-state index is 0.230. The van der Waals surface area contributed by atoms with Crippen molar-refractivity contribution in [2.45, 2.75) is 31.6 Å². The molecule has 2 atom stereocenters. The summed E-state index contributed by atoms with van der Waals surface area (Å²) >= 11 is 0. The summed E-state index contributed by atoms with van der Waals surface area (Å²) in [4.78, 5) is 11.9. The quantitative estimate of drug-likeness (QED) is 0.687. The van der Waals surface area contributed by atoms with E-state index >= 15 is 0 Å². The van der Waals surface area contributed by atoms with Crippen LogP contribution in [0.4, 0.5) is 5.69 Å². The number of fused-ring (bicyclic) bond motifs is 3. The monoisotopic (exact) mass is 201 g/mol. The summed E-state index contributed by atoms with van der Waals surface area (Å²) in [7, 11) is 0. The van der Waals surface area contributed by atoms with E-state index in [1.807, 2.05) is 12.1 Å². The maximum Gasteiger partial charge on any atom is 0.228 e. The Bertz CT molecular complexity index is 399. The Balaban J connectivity index is 2.06. The SMILES string of the molecule is O=C1Nc2ccccc2C2CCCCC12. The van der Waals surface area contributed by atoms with Crippen molar-refractivity contribution in [3.8, 4) is 0 Å². The first-order valence-electron chi connectivity index (χ1n) is 5.76. The average Bonchev–Trinajstić information content (AvgIpc) is 2.30. The van der Waals surface area contributed by atoms with Gasteiger partial charge >= 0.3 is 0 Å². The molecule has 2 heteroatoms. The lowest BCUT2D eigenvalue weighted by atomic mass is 9.72. The molecule has 1 aromatic rings. The molecule has 0 radical (unpaired) electrons. The number of carbonyl (C=O) groups is 1. The number of carbonyl (C=O) groups excluding carboxylic acids is 1. The summed E-state index contributed by atoms with van der Waals surface area (Å²) < 4.78 is 0. The van der Waals surface area contributed by atoms with Crippen molar-refractivity contribution in [1.29, 1.82) is 0 Å². The molecule has 0 bridgehead atoms. The Hall–Kier alpha value is -1.31. The van der Waals surface area contributed by atoms with E-state index in [1.165, 1.54) is 24.8 Å². The molecule has 1 fully saturated rings. The molecule has 1 heterocycles. The van der Waals surface area contributed by atoms with E-state index in [-0.39, 0.29) is 11.8 Å². The zero-order valence-corrected chi connectivity index (χ0v) is 8.70. The van der Waals surface area contributed by atoms with Crippen molar-refractivity contribution < 1.29 is 4.79 Å². The first kappa shape index (κ1) is 8.96. The second-order valence-corrected chi connectivity index (χ2v) is 4.57. The first-order chi connectivity index (χ1) is 7.36. The minimum Gasteiger partial charge on any atom is -0.326 e. The number of nitrogens with one attached hydrogen (secondary N) is 1. The highest BCUT2D eigenvalue weighted by Crippen LogP contribution is 2.44. The van der Waals surface area contributed by atoms with E-state index in [4.69, 9.17) is 0 Å². The summed E-state index contributed by atoms with van der Waals surface area (Å²) in [6, 6.07) is 8.24. The van der Waals surface area contributed by atoms with Gasteiger partial charge in [-0.05, 0) is 30.4 Å². The molecular weight excluding hydrogens is 186 g/mol. The molecule has 3 rings (SSSR count). The van der Waals surface area contributed by atoms with Gasteiger partial charge in [-0.3, -0.25) is 4.79 Å². The van der Waals surface area contributed by atoms with E-state index in [2.05, 4.69) is 17.4 Å². The van der Waals surface area contributed by atoms with Gasteiger partial charge in [-0.15, -0.1) is 0 Å². The maximum absolute atomic E-state index is 11.9. The van der Waals surface area contributed by atoms with Crippen LogP contribution in [0.15, 0.2) is 24.3 Å². The smallest absolute Gasteiger partial charge is 0.228 e. The van der Waals surface area contributed by atoms with Crippen LogP contribution < -0.4 is 5.32 Å². The van der Waals surface area contributed by atoms with Gasteiger partial charge in [0.1, 0.15) is 0 Å². The molecule has 78 valence electrons.